The molecule has 4 amide bonds. The molecule has 11 heteroatoms. The molecule has 2 aliphatic heterocycles. The third kappa shape index (κ3) is 5.51. The van der Waals surface area contributed by atoms with Crippen molar-refractivity contribution < 1.29 is 23.9 Å². The molecule has 2 fully saturated rings. The number of rotatable bonds is 5. The number of anilines is 1. The maximum atomic E-state index is 13.2. The zero-order valence-electron chi connectivity index (χ0n) is 19.7. The van der Waals surface area contributed by atoms with Crippen LogP contribution in [0.3, 0.4) is 0 Å². The molecule has 186 valence electrons. The van der Waals surface area contributed by atoms with Gasteiger partial charge in [-0.3, -0.25) is 14.4 Å². The minimum atomic E-state index is -0.593. The summed E-state index contributed by atoms with van der Waals surface area (Å²) >= 11 is 4.69. The van der Waals surface area contributed by atoms with Crippen molar-refractivity contribution in [2.75, 3.05) is 32.1 Å². The normalized spacial score (nSPS) is 19.7. The zero-order chi connectivity index (χ0) is 25.3. The number of halogens is 1. The molecule has 0 bridgehead atoms. The smallest absolute Gasteiger partial charge is 0.411 e. The molecule has 1 aromatic heterocycles. The molecule has 0 spiro atoms. The van der Waals surface area contributed by atoms with Gasteiger partial charge in [-0.1, -0.05) is 0 Å². The highest BCUT2D eigenvalue weighted by molar-refractivity contribution is 9.11. The first-order valence-electron chi connectivity index (χ1n) is 11.3. The first-order chi connectivity index (χ1) is 16.6. The van der Waals surface area contributed by atoms with Crippen molar-refractivity contribution in [3.63, 3.8) is 0 Å². The Morgan fingerprint density at radius 2 is 1.97 bits per heavy atom. The van der Waals surface area contributed by atoms with Gasteiger partial charge in [-0.25, -0.2) is 4.79 Å². The second kappa shape index (κ2) is 10.4. The zero-order valence-corrected chi connectivity index (χ0v) is 22.1. The third-order valence-electron chi connectivity index (χ3n) is 6.07. The number of carbonyl (C=O) groups is 4. The summed E-state index contributed by atoms with van der Waals surface area (Å²) in [7, 11) is 3.20. The summed E-state index contributed by atoms with van der Waals surface area (Å²) in [4.78, 5) is 55.5. The highest BCUT2D eigenvalue weighted by Gasteiger charge is 2.35. The maximum absolute atomic E-state index is 13.2. The molecular weight excluding hydrogens is 536 g/mol. The largest absolute Gasteiger partial charge is 0.425 e. The van der Waals surface area contributed by atoms with Crippen LogP contribution >= 0.6 is 27.3 Å². The van der Waals surface area contributed by atoms with Gasteiger partial charge in [0.15, 0.2) is 6.23 Å². The third-order valence-corrected chi connectivity index (χ3v) is 7.69. The Hall–Kier alpha value is -2.92. The second-order valence-electron chi connectivity index (χ2n) is 8.86. The lowest BCUT2D eigenvalue weighted by molar-refractivity contribution is -0.117. The minimum Gasteiger partial charge on any atom is -0.425 e. The number of likely N-dealkylation sites (tertiary alicyclic amines) is 1. The molecule has 1 aromatic carbocycles. The molecule has 35 heavy (non-hydrogen) atoms. The van der Waals surface area contributed by atoms with E-state index in [1.807, 2.05) is 19.1 Å². The Bertz CT molecular complexity index is 1170. The summed E-state index contributed by atoms with van der Waals surface area (Å²) < 4.78 is 6.34. The monoisotopic (exact) mass is 562 g/mol. The van der Waals surface area contributed by atoms with E-state index in [1.54, 1.807) is 42.1 Å². The molecule has 2 saturated heterocycles. The number of benzene rings is 1. The quantitative estimate of drug-likeness (QED) is 0.600. The predicted octanol–water partition coefficient (Wildman–Crippen LogP) is 3.61. The molecule has 1 unspecified atom stereocenters. The van der Waals surface area contributed by atoms with Gasteiger partial charge in [0, 0.05) is 51.3 Å². The van der Waals surface area contributed by atoms with Gasteiger partial charge >= 0.3 is 6.09 Å². The van der Waals surface area contributed by atoms with Crippen molar-refractivity contribution in [2.24, 2.45) is 0 Å². The van der Waals surface area contributed by atoms with Crippen LogP contribution in [0.5, 0.6) is 0 Å². The Labute approximate surface area is 216 Å². The van der Waals surface area contributed by atoms with Gasteiger partial charge in [0.05, 0.1) is 14.7 Å². The number of hydrogen-bond acceptors (Lipinski definition) is 6. The van der Waals surface area contributed by atoms with Crippen molar-refractivity contribution in [2.45, 2.75) is 38.5 Å². The highest BCUT2D eigenvalue weighted by Crippen LogP contribution is 2.28. The molecule has 2 aliphatic rings. The van der Waals surface area contributed by atoms with Gasteiger partial charge < -0.3 is 24.8 Å². The van der Waals surface area contributed by atoms with Gasteiger partial charge in [-0.05, 0) is 65.2 Å². The topological polar surface area (TPSA) is 99.3 Å². The van der Waals surface area contributed by atoms with Crippen LogP contribution in [-0.2, 0) is 9.53 Å². The Morgan fingerprint density at radius 3 is 2.63 bits per heavy atom. The summed E-state index contributed by atoms with van der Waals surface area (Å²) in [5.41, 5.74) is 1.90. The average molecular weight is 563 g/mol. The molecule has 2 atom stereocenters. The minimum absolute atomic E-state index is 0.0867. The van der Waals surface area contributed by atoms with Gasteiger partial charge in [-0.2, -0.15) is 0 Å². The first-order valence-corrected chi connectivity index (χ1v) is 12.9. The summed E-state index contributed by atoms with van der Waals surface area (Å²) in [6.45, 7) is 2.69. The van der Waals surface area contributed by atoms with Crippen LogP contribution in [-0.4, -0.2) is 73.1 Å². The Kier molecular flexibility index (Phi) is 7.46. The number of ether oxygens (including phenoxy) is 1. The fraction of sp³-hybridized carbons (Fsp3) is 0.417. The van der Waals surface area contributed by atoms with E-state index in [0.717, 1.165) is 15.8 Å². The second-order valence-corrected chi connectivity index (χ2v) is 11.3. The van der Waals surface area contributed by atoms with Crippen molar-refractivity contribution in [3.8, 4) is 0 Å². The molecule has 9 nitrogen and oxygen atoms in total. The lowest BCUT2D eigenvalue weighted by atomic mass is 10.1. The molecule has 4 rings (SSSR count). The van der Waals surface area contributed by atoms with E-state index in [9.17, 15) is 19.2 Å². The maximum Gasteiger partial charge on any atom is 0.411 e. The number of aryl methyl sites for hydroxylation is 1. The lowest BCUT2D eigenvalue weighted by Crippen LogP contribution is -2.40. The standard InChI is InChI=1S/C24H27BrN4O5S/c1-14-11-16(29-13-15(12-20(29)30)26-22(31)18-8-9-19(25)35-18)6-7-17(14)23(32)28-10-4-5-21(28)34-24(33)27(2)3/h6-9,11,15,21H,4-5,10,12-13H2,1-3H3,(H,26,31)/t15?,21-/m0/s1. The van der Waals surface area contributed by atoms with E-state index in [0.29, 0.717) is 35.6 Å². The van der Waals surface area contributed by atoms with E-state index in [2.05, 4.69) is 21.2 Å². The number of carbonyl (C=O) groups excluding carboxylic acids is 4. The van der Waals surface area contributed by atoms with Crippen LogP contribution in [0.25, 0.3) is 0 Å². The summed E-state index contributed by atoms with van der Waals surface area (Å²) in [6, 6.07) is 8.52. The molecule has 2 aromatic rings. The summed E-state index contributed by atoms with van der Waals surface area (Å²) in [6.07, 6.45) is 0.490. The van der Waals surface area contributed by atoms with Gasteiger partial charge in [-0.15, -0.1) is 11.3 Å². The first kappa shape index (κ1) is 25.2. The molecule has 1 N–H and O–H groups in total. The molecule has 3 heterocycles. The van der Waals surface area contributed by atoms with Gasteiger partial charge in [0.2, 0.25) is 5.91 Å². The fourth-order valence-electron chi connectivity index (χ4n) is 4.27. The van der Waals surface area contributed by atoms with Crippen LogP contribution in [0.2, 0.25) is 0 Å². The fourth-order valence-corrected chi connectivity index (χ4v) is 5.56. The SMILES string of the molecule is Cc1cc(N2CC(NC(=O)c3ccc(Br)s3)CC2=O)ccc1C(=O)N1CCC[C@@H]1OC(=O)N(C)C. The van der Waals surface area contributed by atoms with Crippen LogP contribution in [0.1, 0.15) is 44.9 Å². The van der Waals surface area contributed by atoms with E-state index in [4.69, 9.17) is 4.74 Å². The molecular formula is C24H27BrN4O5S. The Balaban J connectivity index is 1.43. The van der Waals surface area contributed by atoms with E-state index in [1.165, 1.54) is 16.2 Å². The van der Waals surface area contributed by atoms with Crippen LogP contribution in [0.15, 0.2) is 34.1 Å². The summed E-state index contributed by atoms with van der Waals surface area (Å²) in [5, 5.41) is 2.93. The van der Waals surface area contributed by atoms with E-state index < -0.39 is 12.3 Å². The number of amides is 4. The van der Waals surface area contributed by atoms with Crippen LogP contribution in [0, 0.1) is 6.92 Å². The van der Waals surface area contributed by atoms with Crippen molar-refractivity contribution in [3.05, 3.63) is 50.1 Å². The summed E-state index contributed by atoms with van der Waals surface area (Å²) in [5.74, 6) is -0.493. The number of nitrogens with zero attached hydrogens (tertiary/aromatic N) is 3. The Morgan fingerprint density at radius 1 is 1.20 bits per heavy atom. The number of thiophene rings is 1. The molecule has 0 aliphatic carbocycles. The van der Waals surface area contributed by atoms with Gasteiger partial charge in [0.1, 0.15) is 0 Å². The van der Waals surface area contributed by atoms with E-state index in [-0.39, 0.29) is 30.2 Å². The highest BCUT2D eigenvalue weighted by atomic mass is 79.9. The number of nitrogens with one attached hydrogen (secondary N) is 1. The average Bonchev–Trinajstić information content (AvgIpc) is 3.53. The van der Waals surface area contributed by atoms with Crippen LogP contribution in [0.4, 0.5) is 10.5 Å². The number of hydrogen-bond donors (Lipinski definition) is 1. The van der Waals surface area contributed by atoms with Crippen molar-refractivity contribution >= 4 is 56.8 Å². The lowest BCUT2D eigenvalue weighted by Gasteiger charge is -2.26. The predicted molar refractivity (Wildman–Crippen MR) is 136 cm³/mol. The van der Waals surface area contributed by atoms with Crippen LogP contribution < -0.4 is 10.2 Å². The molecule has 0 saturated carbocycles. The van der Waals surface area contributed by atoms with Crippen molar-refractivity contribution in [1.29, 1.82) is 0 Å². The molecule has 0 radical (unpaired) electrons. The van der Waals surface area contributed by atoms with E-state index >= 15 is 0 Å². The van der Waals surface area contributed by atoms with Crippen molar-refractivity contribution in [1.82, 2.24) is 15.1 Å². The van der Waals surface area contributed by atoms with Gasteiger partial charge in [0.25, 0.3) is 11.8 Å².